The molecule has 1 N–H and O–H groups in total. The molecule has 1 aromatic carbocycles. The van der Waals surface area contributed by atoms with Gasteiger partial charge >= 0.3 is 0 Å². The van der Waals surface area contributed by atoms with E-state index in [1.165, 1.54) is 6.20 Å². The van der Waals surface area contributed by atoms with Gasteiger partial charge in [0.15, 0.2) is 5.82 Å². The van der Waals surface area contributed by atoms with Crippen LogP contribution in [0.25, 0.3) is 5.69 Å². The average Bonchev–Trinajstić information content (AvgIpc) is 2.55. The molecule has 0 fully saturated rings. The second-order valence-electron chi connectivity index (χ2n) is 5.89. The molecule has 0 radical (unpaired) electrons. The van der Waals surface area contributed by atoms with Gasteiger partial charge < -0.3 is 10.2 Å². The summed E-state index contributed by atoms with van der Waals surface area (Å²) in [7, 11) is 0. The van der Waals surface area contributed by atoms with Gasteiger partial charge in [-0.3, -0.25) is 9.59 Å². The van der Waals surface area contributed by atoms with Crippen molar-refractivity contribution in [3.05, 3.63) is 51.4 Å². The SMILES string of the molecule is CCN(CC(=O)NC(C)C)c1cnn(-c2ccc(F)cc2F)c(=O)c1Cl. The van der Waals surface area contributed by atoms with Gasteiger partial charge in [0.1, 0.15) is 16.5 Å². The lowest BCUT2D eigenvalue weighted by atomic mass is 10.3. The molecule has 0 aliphatic rings. The quantitative estimate of drug-likeness (QED) is 0.831. The van der Waals surface area contributed by atoms with Crippen molar-refractivity contribution in [2.45, 2.75) is 26.8 Å². The molecular weight excluding hydrogens is 366 g/mol. The van der Waals surface area contributed by atoms with Crippen LogP contribution in [0.1, 0.15) is 20.8 Å². The summed E-state index contributed by atoms with van der Waals surface area (Å²) in [6.45, 7) is 5.86. The molecule has 0 atom stereocenters. The van der Waals surface area contributed by atoms with Crippen LogP contribution in [0.5, 0.6) is 0 Å². The Kier molecular flexibility index (Phi) is 6.31. The van der Waals surface area contributed by atoms with E-state index in [-0.39, 0.29) is 34.9 Å². The van der Waals surface area contributed by atoms with Crippen molar-refractivity contribution in [2.75, 3.05) is 18.0 Å². The highest BCUT2D eigenvalue weighted by atomic mass is 35.5. The molecule has 1 amide bonds. The number of aromatic nitrogens is 2. The van der Waals surface area contributed by atoms with Crippen LogP contribution in [0.3, 0.4) is 0 Å². The summed E-state index contributed by atoms with van der Waals surface area (Å²) >= 11 is 6.15. The van der Waals surface area contributed by atoms with Crippen LogP contribution in [0.4, 0.5) is 14.5 Å². The van der Waals surface area contributed by atoms with E-state index in [2.05, 4.69) is 10.4 Å². The van der Waals surface area contributed by atoms with Gasteiger partial charge in [0.05, 0.1) is 18.4 Å². The fourth-order valence-electron chi connectivity index (χ4n) is 2.38. The van der Waals surface area contributed by atoms with Gasteiger partial charge in [-0.25, -0.2) is 8.78 Å². The monoisotopic (exact) mass is 384 g/mol. The van der Waals surface area contributed by atoms with Gasteiger partial charge in [-0.05, 0) is 32.9 Å². The Labute approximate surface area is 154 Å². The topological polar surface area (TPSA) is 67.2 Å². The van der Waals surface area contributed by atoms with Gasteiger partial charge in [-0.1, -0.05) is 11.6 Å². The van der Waals surface area contributed by atoms with Crippen LogP contribution in [0, 0.1) is 11.6 Å². The lowest BCUT2D eigenvalue weighted by molar-refractivity contribution is -0.120. The maximum atomic E-state index is 13.9. The Hall–Kier alpha value is -2.48. The fraction of sp³-hybridized carbons (Fsp3) is 0.353. The summed E-state index contributed by atoms with van der Waals surface area (Å²) < 4.78 is 27.7. The summed E-state index contributed by atoms with van der Waals surface area (Å²) in [5.74, 6) is -1.94. The zero-order chi connectivity index (χ0) is 19.4. The van der Waals surface area contributed by atoms with Gasteiger partial charge in [-0.2, -0.15) is 9.78 Å². The number of halogens is 3. The Morgan fingerprint density at radius 2 is 2.08 bits per heavy atom. The normalized spacial score (nSPS) is 10.9. The number of rotatable bonds is 6. The third-order valence-corrected chi connectivity index (χ3v) is 3.90. The van der Waals surface area contributed by atoms with Crippen LogP contribution in [-0.4, -0.2) is 34.8 Å². The minimum Gasteiger partial charge on any atom is -0.360 e. The van der Waals surface area contributed by atoms with Crippen molar-refractivity contribution in [3.8, 4) is 5.69 Å². The summed E-state index contributed by atoms with van der Waals surface area (Å²) in [5.41, 5.74) is -0.723. The number of nitrogens with zero attached hydrogens (tertiary/aromatic N) is 3. The largest absolute Gasteiger partial charge is 0.360 e. The van der Waals surface area contributed by atoms with E-state index in [1.807, 2.05) is 13.8 Å². The molecule has 2 aromatic rings. The number of benzene rings is 1. The molecule has 0 spiro atoms. The summed E-state index contributed by atoms with van der Waals surface area (Å²) in [6, 6.07) is 2.75. The number of carbonyl (C=O) groups excluding carboxylic acids is 1. The predicted molar refractivity (Wildman–Crippen MR) is 95.9 cm³/mol. The van der Waals surface area contributed by atoms with E-state index < -0.39 is 17.2 Å². The van der Waals surface area contributed by atoms with Crippen LogP contribution >= 0.6 is 11.6 Å². The lowest BCUT2D eigenvalue weighted by Gasteiger charge is -2.23. The molecular formula is C17H19ClF2N4O2. The van der Waals surface area contributed by atoms with Crippen molar-refractivity contribution in [1.82, 2.24) is 15.1 Å². The second-order valence-corrected chi connectivity index (χ2v) is 6.27. The van der Waals surface area contributed by atoms with Crippen LogP contribution in [0.2, 0.25) is 5.02 Å². The molecule has 0 saturated carbocycles. The summed E-state index contributed by atoms with van der Waals surface area (Å²) in [5, 5.41) is 6.46. The number of anilines is 1. The van der Waals surface area contributed by atoms with E-state index >= 15 is 0 Å². The number of hydrogen-bond donors (Lipinski definition) is 1. The lowest BCUT2D eigenvalue weighted by Crippen LogP contribution is -2.41. The summed E-state index contributed by atoms with van der Waals surface area (Å²) in [4.78, 5) is 26.0. The van der Waals surface area contributed by atoms with Crippen molar-refractivity contribution >= 4 is 23.2 Å². The van der Waals surface area contributed by atoms with Gasteiger partial charge in [0.2, 0.25) is 5.91 Å². The predicted octanol–water partition coefficient (Wildman–Crippen LogP) is 2.51. The first-order chi connectivity index (χ1) is 12.2. The third kappa shape index (κ3) is 4.37. The van der Waals surface area contributed by atoms with E-state index in [0.717, 1.165) is 16.8 Å². The second kappa shape index (κ2) is 8.27. The molecule has 6 nitrogen and oxygen atoms in total. The maximum absolute atomic E-state index is 13.9. The Balaban J connectivity index is 2.39. The number of likely N-dealkylation sites (N-methyl/N-ethyl adjacent to an activating group) is 1. The molecule has 0 saturated heterocycles. The van der Waals surface area contributed by atoms with Crippen LogP contribution in [-0.2, 0) is 4.79 Å². The molecule has 0 bridgehead atoms. The number of nitrogens with one attached hydrogen (secondary N) is 1. The molecule has 26 heavy (non-hydrogen) atoms. The first-order valence-corrected chi connectivity index (χ1v) is 8.40. The van der Waals surface area contributed by atoms with Crippen molar-refractivity contribution in [3.63, 3.8) is 0 Å². The fourth-order valence-corrected chi connectivity index (χ4v) is 2.63. The molecule has 2 rings (SSSR count). The highest BCUT2D eigenvalue weighted by Gasteiger charge is 2.19. The van der Waals surface area contributed by atoms with Gasteiger partial charge in [0.25, 0.3) is 5.56 Å². The molecule has 0 aliphatic heterocycles. The molecule has 140 valence electrons. The smallest absolute Gasteiger partial charge is 0.292 e. The van der Waals surface area contributed by atoms with Gasteiger partial charge in [-0.15, -0.1) is 0 Å². The Morgan fingerprint density at radius 3 is 2.65 bits per heavy atom. The minimum atomic E-state index is -0.938. The number of amides is 1. The molecule has 1 aromatic heterocycles. The standard InChI is InChI=1S/C17H19ClF2N4O2/c1-4-23(9-15(25)22-10(2)3)14-8-21-24(17(26)16(14)18)13-6-5-11(19)7-12(13)20/h5-8,10H,4,9H2,1-3H3,(H,22,25). The van der Waals surface area contributed by atoms with Crippen LogP contribution < -0.4 is 15.8 Å². The highest BCUT2D eigenvalue weighted by Crippen LogP contribution is 2.22. The van der Waals surface area contributed by atoms with Crippen LogP contribution in [0.15, 0.2) is 29.2 Å². The zero-order valence-corrected chi connectivity index (χ0v) is 15.3. The summed E-state index contributed by atoms with van der Waals surface area (Å²) in [6.07, 6.45) is 1.28. The first-order valence-electron chi connectivity index (χ1n) is 8.02. The zero-order valence-electron chi connectivity index (χ0n) is 14.6. The van der Waals surface area contributed by atoms with Crippen molar-refractivity contribution in [2.24, 2.45) is 0 Å². The van der Waals surface area contributed by atoms with E-state index in [0.29, 0.717) is 12.6 Å². The van der Waals surface area contributed by atoms with E-state index in [4.69, 9.17) is 11.6 Å². The Morgan fingerprint density at radius 1 is 1.38 bits per heavy atom. The molecule has 9 heteroatoms. The minimum absolute atomic E-state index is 0.00948. The highest BCUT2D eigenvalue weighted by molar-refractivity contribution is 6.33. The first kappa shape index (κ1) is 19.8. The average molecular weight is 385 g/mol. The van der Waals surface area contributed by atoms with Crippen molar-refractivity contribution in [1.29, 1.82) is 0 Å². The molecule has 1 heterocycles. The van der Waals surface area contributed by atoms with Gasteiger partial charge in [0, 0.05) is 18.7 Å². The maximum Gasteiger partial charge on any atom is 0.292 e. The molecule has 0 unspecified atom stereocenters. The van der Waals surface area contributed by atoms with E-state index in [1.54, 1.807) is 11.8 Å². The molecule has 0 aliphatic carbocycles. The van der Waals surface area contributed by atoms with E-state index in [9.17, 15) is 18.4 Å². The Bertz CT molecular complexity index is 870. The third-order valence-electron chi connectivity index (χ3n) is 3.54. The number of carbonyl (C=O) groups is 1. The number of hydrogen-bond acceptors (Lipinski definition) is 4. The van der Waals surface area contributed by atoms with Crippen molar-refractivity contribution < 1.29 is 13.6 Å².